The number of allylic oxidation sites excluding steroid dienone is 2. The summed E-state index contributed by atoms with van der Waals surface area (Å²) in [5, 5.41) is 1.70. The van der Waals surface area contributed by atoms with Crippen LogP contribution < -0.4 is 21.2 Å². The first kappa shape index (κ1) is 21.6. The summed E-state index contributed by atoms with van der Waals surface area (Å²) in [4.78, 5) is 11.4. The van der Waals surface area contributed by atoms with Crippen LogP contribution in [0, 0.1) is 0 Å². The third kappa shape index (κ3) is 4.56. The van der Waals surface area contributed by atoms with Gasteiger partial charge in [-0.25, -0.2) is 9.97 Å². The molecule has 0 bridgehead atoms. The van der Waals surface area contributed by atoms with E-state index in [1.165, 1.54) is 11.3 Å². The minimum Gasteiger partial charge on any atom is -0.382 e. The second kappa shape index (κ2) is 9.61. The molecule has 0 aliphatic rings. The van der Waals surface area contributed by atoms with Crippen molar-refractivity contribution in [3.05, 3.63) is 58.4 Å². The predicted molar refractivity (Wildman–Crippen MR) is 129 cm³/mol. The minimum atomic E-state index is 0.460. The van der Waals surface area contributed by atoms with Gasteiger partial charge in [0.25, 0.3) is 0 Å². The van der Waals surface area contributed by atoms with Crippen molar-refractivity contribution in [1.82, 2.24) is 14.5 Å². The topological polar surface area (TPSA) is 60.0 Å². The summed E-state index contributed by atoms with van der Waals surface area (Å²) >= 11 is 0. The maximum atomic E-state index is 6.20. The Hall–Kier alpha value is -3.08. The fourth-order valence-corrected chi connectivity index (χ4v) is 3.81. The number of hydrogen-bond acceptors (Lipinski definition) is 4. The molecule has 0 saturated carbocycles. The minimum absolute atomic E-state index is 0.460. The summed E-state index contributed by atoms with van der Waals surface area (Å²) in [6.45, 7) is 9.16. The molecule has 158 valence electrons. The summed E-state index contributed by atoms with van der Waals surface area (Å²) < 4.78 is 2.31. The first-order valence-electron chi connectivity index (χ1n) is 10.7. The predicted octanol–water partition coefficient (Wildman–Crippen LogP) is 3.43. The molecule has 0 spiro atoms. The number of aryl methyl sites for hydroxylation is 3. The van der Waals surface area contributed by atoms with Crippen LogP contribution >= 0.6 is 0 Å². The SMILES string of the molecule is C=c1nc(N)c2nc(CC)n(CCCCc3cccc(N(C)C)c3)c2/c1=C/C=C\C. The van der Waals surface area contributed by atoms with Gasteiger partial charge < -0.3 is 15.2 Å². The van der Waals surface area contributed by atoms with Gasteiger partial charge in [0.1, 0.15) is 11.3 Å². The molecule has 30 heavy (non-hydrogen) atoms. The number of unbranched alkanes of at least 4 members (excludes halogenated alkanes) is 1. The highest BCUT2D eigenvalue weighted by Crippen LogP contribution is 2.19. The zero-order valence-electron chi connectivity index (χ0n) is 18.7. The summed E-state index contributed by atoms with van der Waals surface area (Å²) in [5.74, 6) is 1.51. The molecule has 2 aromatic heterocycles. The number of imidazole rings is 1. The van der Waals surface area contributed by atoms with Gasteiger partial charge in [0.2, 0.25) is 0 Å². The Bertz CT molecular complexity index is 1150. The standard InChI is InChI=1S/C25H33N5/c1-6-8-15-21-18(3)27-25(26)23-24(21)30(22(7-2)28-23)16-10-9-12-19-13-11-14-20(17-19)29(4)5/h6,8,11,13-15,17H,3,7,9-10,12,16H2,1-2,4-5H3,(H2,26,27)/b8-6-,21-15+. The van der Waals surface area contributed by atoms with E-state index < -0.39 is 0 Å². The van der Waals surface area contributed by atoms with Gasteiger partial charge in [0.15, 0.2) is 5.82 Å². The summed E-state index contributed by atoms with van der Waals surface area (Å²) in [6, 6.07) is 8.77. The fourth-order valence-electron chi connectivity index (χ4n) is 3.81. The quantitative estimate of drug-likeness (QED) is 0.586. The molecular weight excluding hydrogens is 370 g/mol. The zero-order chi connectivity index (χ0) is 21.7. The van der Waals surface area contributed by atoms with Crippen molar-refractivity contribution in [3.63, 3.8) is 0 Å². The Kier molecular flexibility index (Phi) is 6.93. The monoisotopic (exact) mass is 403 g/mol. The molecule has 3 rings (SSSR count). The number of nitrogen functional groups attached to an aromatic ring is 1. The lowest BCUT2D eigenvalue weighted by atomic mass is 10.1. The molecule has 0 saturated heterocycles. The number of rotatable bonds is 8. The first-order chi connectivity index (χ1) is 14.5. The van der Waals surface area contributed by atoms with Crippen molar-refractivity contribution < 1.29 is 0 Å². The van der Waals surface area contributed by atoms with Crippen LogP contribution in [0.15, 0.2) is 36.4 Å². The summed E-state index contributed by atoms with van der Waals surface area (Å²) in [5.41, 5.74) is 10.7. The lowest BCUT2D eigenvalue weighted by molar-refractivity contribution is 0.599. The van der Waals surface area contributed by atoms with E-state index in [0.29, 0.717) is 11.2 Å². The number of nitrogens with two attached hydrogens (primary N) is 1. The maximum Gasteiger partial charge on any atom is 0.152 e. The molecular formula is C25H33N5. The third-order valence-corrected chi connectivity index (χ3v) is 5.41. The largest absolute Gasteiger partial charge is 0.382 e. The molecule has 0 amide bonds. The van der Waals surface area contributed by atoms with Gasteiger partial charge in [-0.15, -0.1) is 0 Å². The van der Waals surface area contributed by atoms with Crippen LogP contribution in [0.1, 0.15) is 38.1 Å². The van der Waals surface area contributed by atoms with Crippen molar-refractivity contribution in [3.8, 4) is 0 Å². The van der Waals surface area contributed by atoms with Gasteiger partial charge in [-0.3, -0.25) is 0 Å². The van der Waals surface area contributed by atoms with Crippen molar-refractivity contribution in [2.75, 3.05) is 24.7 Å². The Morgan fingerprint density at radius 3 is 2.70 bits per heavy atom. The second-order valence-electron chi connectivity index (χ2n) is 7.80. The van der Waals surface area contributed by atoms with E-state index in [9.17, 15) is 0 Å². The van der Waals surface area contributed by atoms with Crippen LogP contribution in [0.3, 0.4) is 0 Å². The molecule has 0 unspecified atom stereocenters. The molecule has 5 nitrogen and oxygen atoms in total. The Labute approximate surface area is 179 Å². The highest BCUT2D eigenvalue weighted by molar-refractivity contribution is 5.86. The molecule has 2 N–H and O–H groups in total. The van der Waals surface area contributed by atoms with Crippen molar-refractivity contribution in [2.45, 2.75) is 46.1 Å². The van der Waals surface area contributed by atoms with Gasteiger partial charge >= 0.3 is 0 Å². The number of pyridine rings is 1. The van der Waals surface area contributed by atoms with Crippen LogP contribution in [0.4, 0.5) is 11.5 Å². The average molecular weight is 404 g/mol. The van der Waals surface area contributed by atoms with Crippen LogP contribution in [-0.2, 0) is 19.4 Å². The van der Waals surface area contributed by atoms with E-state index in [-0.39, 0.29) is 0 Å². The number of hydrogen-bond donors (Lipinski definition) is 1. The molecule has 0 atom stereocenters. The zero-order valence-corrected chi connectivity index (χ0v) is 18.7. The average Bonchev–Trinajstić information content (AvgIpc) is 3.10. The van der Waals surface area contributed by atoms with Crippen molar-refractivity contribution >= 4 is 35.2 Å². The smallest absolute Gasteiger partial charge is 0.152 e. The highest BCUT2D eigenvalue weighted by atomic mass is 15.1. The van der Waals surface area contributed by atoms with Gasteiger partial charge in [0.05, 0.1) is 10.9 Å². The molecule has 5 heteroatoms. The van der Waals surface area contributed by atoms with E-state index in [4.69, 9.17) is 10.7 Å². The van der Waals surface area contributed by atoms with Crippen molar-refractivity contribution in [1.29, 1.82) is 0 Å². The van der Waals surface area contributed by atoms with Crippen LogP contribution in [0.2, 0.25) is 0 Å². The fraction of sp³-hybridized carbons (Fsp3) is 0.360. The van der Waals surface area contributed by atoms with E-state index >= 15 is 0 Å². The van der Waals surface area contributed by atoms with Gasteiger partial charge in [-0.2, -0.15) is 0 Å². The third-order valence-electron chi connectivity index (χ3n) is 5.41. The Morgan fingerprint density at radius 1 is 1.20 bits per heavy atom. The normalized spacial score (nSPS) is 12.3. The second-order valence-corrected chi connectivity index (χ2v) is 7.80. The lowest BCUT2D eigenvalue weighted by Crippen LogP contribution is -2.30. The molecule has 0 radical (unpaired) electrons. The number of anilines is 2. The van der Waals surface area contributed by atoms with Gasteiger partial charge in [0, 0.05) is 38.0 Å². The van der Waals surface area contributed by atoms with Crippen LogP contribution in [0.25, 0.3) is 23.7 Å². The number of aromatic nitrogens is 3. The van der Waals surface area contributed by atoms with Crippen LogP contribution in [-0.4, -0.2) is 28.6 Å². The van der Waals surface area contributed by atoms with Gasteiger partial charge in [-0.1, -0.05) is 43.9 Å². The molecule has 0 fully saturated rings. The number of fused-ring (bicyclic) bond motifs is 1. The number of benzene rings is 1. The molecule has 3 aromatic rings. The van der Waals surface area contributed by atoms with E-state index in [2.05, 4.69) is 72.4 Å². The maximum absolute atomic E-state index is 6.20. The molecule has 1 aromatic carbocycles. The van der Waals surface area contributed by atoms with Crippen molar-refractivity contribution in [2.24, 2.45) is 0 Å². The summed E-state index contributed by atoms with van der Waals surface area (Å²) in [6.07, 6.45) is 10.2. The summed E-state index contributed by atoms with van der Waals surface area (Å²) in [7, 11) is 4.16. The molecule has 0 aliphatic carbocycles. The van der Waals surface area contributed by atoms with E-state index in [1.807, 2.05) is 19.1 Å². The Morgan fingerprint density at radius 2 is 2.00 bits per heavy atom. The first-order valence-corrected chi connectivity index (χ1v) is 10.7. The molecule has 2 heterocycles. The van der Waals surface area contributed by atoms with Gasteiger partial charge in [-0.05, 0) is 43.9 Å². The molecule has 0 aliphatic heterocycles. The highest BCUT2D eigenvalue weighted by Gasteiger charge is 2.14. The number of nitrogens with zero attached hydrogens (tertiary/aromatic N) is 4. The van der Waals surface area contributed by atoms with E-state index in [1.54, 1.807) is 0 Å². The van der Waals surface area contributed by atoms with E-state index in [0.717, 1.165) is 54.3 Å². The lowest BCUT2D eigenvalue weighted by Gasteiger charge is -2.14. The Balaban J connectivity index is 1.87. The van der Waals surface area contributed by atoms with Crippen LogP contribution in [0.5, 0.6) is 0 Å².